The van der Waals surface area contributed by atoms with Crippen molar-refractivity contribution in [1.29, 1.82) is 0 Å². The average molecular weight is 149 g/mol. The summed E-state index contributed by atoms with van der Waals surface area (Å²) in [6.45, 7) is 7.52. The summed E-state index contributed by atoms with van der Waals surface area (Å²) < 4.78 is 7.04. The van der Waals surface area contributed by atoms with Crippen molar-refractivity contribution >= 4 is 12.8 Å². The first-order valence-electron chi connectivity index (χ1n) is 3.32. The van der Waals surface area contributed by atoms with Crippen LogP contribution >= 0.6 is 12.8 Å². The molecule has 0 fully saturated rings. The molecule has 0 aromatic heterocycles. The van der Waals surface area contributed by atoms with Crippen molar-refractivity contribution in [2.45, 2.75) is 13.8 Å². The van der Waals surface area contributed by atoms with E-state index in [4.69, 9.17) is 4.74 Å². The third kappa shape index (κ3) is 6.15. The molecule has 56 valence electrons. The maximum Gasteiger partial charge on any atom is 0.0602 e. The first-order valence-corrected chi connectivity index (χ1v) is 3.72. The lowest BCUT2D eigenvalue weighted by atomic mass is 10.6. The number of hydrogen-bond donors (Lipinski definition) is 1. The fourth-order valence-corrected chi connectivity index (χ4v) is 0.554. The van der Waals surface area contributed by atoms with Gasteiger partial charge in [0.25, 0.3) is 0 Å². The second-order valence-electron chi connectivity index (χ2n) is 1.74. The summed E-state index contributed by atoms with van der Waals surface area (Å²) in [7, 11) is 0. The quantitative estimate of drug-likeness (QED) is 0.465. The van der Waals surface area contributed by atoms with E-state index in [2.05, 4.69) is 19.7 Å². The third-order valence-electron chi connectivity index (χ3n) is 1.06. The molecule has 0 aliphatic heterocycles. The molecular formula is C6H15NOS. The highest BCUT2D eigenvalue weighted by Crippen LogP contribution is 1.89. The highest BCUT2D eigenvalue weighted by Gasteiger charge is 1.92. The molecule has 0 saturated heterocycles. The Morgan fingerprint density at radius 2 is 2.11 bits per heavy atom. The van der Waals surface area contributed by atoms with Gasteiger partial charge >= 0.3 is 0 Å². The van der Waals surface area contributed by atoms with Gasteiger partial charge in [0.2, 0.25) is 0 Å². The number of nitrogens with zero attached hydrogens (tertiary/aromatic N) is 1. The van der Waals surface area contributed by atoms with Crippen molar-refractivity contribution in [3.8, 4) is 0 Å². The second kappa shape index (κ2) is 6.39. The summed E-state index contributed by atoms with van der Waals surface area (Å²) in [5, 5.41) is 0. The maximum absolute atomic E-state index is 5.12. The van der Waals surface area contributed by atoms with Crippen LogP contribution in [0.1, 0.15) is 13.8 Å². The van der Waals surface area contributed by atoms with Crippen LogP contribution in [0.3, 0.4) is 0 Å². The predicted molar refractivity (Wildman–Crippen MR) is 42.7 cm³/mol. The van der Waals surface area contributed by atoms with Gasteiger partial charge in [-0.2, -0.15) is 0 Å². The largest absolute Gasteiger partial charge is 0.380 e. The van der Waals surface area contributed by atoms with Crippen LogP contribution in [0.25, 0.3) is 0 Å². The van der Waals surface area contributed by atoms with Crippen LogP contribution in [-0.2, 0) is 4.74 Å². The van der Waals surface area contributed by atoms with Gasteiger partial charge in [-0.1, -0.05) is 19.7 Å². The van der Waals surface area contributed by atoms with Crippen LogP contribution < -0.4 is 0 Å². The second-order valence-corrected chi connectivity index (χ2v) is 2.31. The highest BCUT2D eigenvalue weighted by molar-refractivity contribution is 7.77. The van der Waals surface area contributed by atoms with Crippen LogP contribution in [-0.4, -0.2) is 30.6 Å². The van der Waals surface area contributed by atoms with Crippen molar-refractivity contribution in [2.75, 3.05) is 26.3 Å². The number of hydrogen-bond acceptors (Lipinski definition) is 3. The molecule has 0 unspecified atom stereocenters. The standard InChI is InChI=1S/C6H15NOS/c1-3-7(9)5-6-8-4-2/h9H,3-6H2,1-2H3. The van der Waals surface area contributed by atoms with Crippen LogP contribution in [0.5, 0.6) is 0 Å². The van der Waals surface area contributed by atoms with E-state index in [1.54, 1.807) is 0 Å². The van der Waals surface area contributed by atoms with E-state index in [1.807, 2.05) is 11.2 Å². The zero-order valence-electron chi connectivity index (χ0n) is 6.13. The van der Waals surface area contributed by atoms with Crippen LogP contribution in [0.2, 0.25) is 0 Å². The number of rotatable bonds is 5. The van der Waals surface area contributed by atoms with E-state index >= 15 is 0 Å². The molecule has 9 heavy (non-hydrogen) atoms. The van der Waals surface area contributed by atoms with Crippen molar-refractivity contribution in [3.63, 3.8) is 0 Å². The van der Waals surface area contributed by atoms with E-state index in [0.29, 0.717) is 0 Å². The number of thiol groups is 1. The topological polar surface area (TPSA) is 12.5 Å². The minimum absolute atomic E-state index is 0.786. The molecule has 0 amide bonds. The van der Waals surface area contributed by atoms with E-state index in [0.717, 1.165) is 26.3 Å². The SMILES string of the molecule is CCOCCN(S)CC. The Balaban J connectivity index is 2.88. The van der Waals surface area contributed by atoms with Gasteiger partial charge in [-0.3, -0.25) is 4.31 Å². The smallest absolute Gasteiger partial charge is 0.0602 e. The predicted octanol–water partition coefficient (Wildman–Crippen LogP) is 1.19. The van der Waals surface area contributed by atoms with E-state index in [-0.39, 0.29) is 0 Å². The van der Waals surface area contributed by atoms with Crippen molar-refractivity contribution in [2.24, 2.45) is 0 Å². The Kier molecular flexibility index (Phi) is 6.58. The average Bonchev–Trinajstić information content (AvgIpc) is 1.89. The normalized spacial score (nSPS) is 10.7. The van der Waals surface area contributed by atoms with Crippen LogP contribution in [0.4, 0.5) is 0 Å². The van der Waals surface area contributed by atoms with Gasteiger partial charge in [-0.25, -0.2) is 0 Å². The lowest BCUT2D eigenvalue weighted by Crippen LogP contribution is -2.17. The maximum atomic E-state index is 5.12. The summed E-state index contributed by atoms with van der Waals surface area (Å²) in [6, 6.07) is 0. The Labute approximate surface area is 62.7 Å². The summed E-state index contributed by atoms with van der Waals surface area (Å²) in [5.41, 5.74) is 0. The summed E-state index contributed by atoms with van der Waals surface area (Å²) in [4.78, 5) is 0. The minimum atomic E-state index is 0.786. The molecule has 0 aromatic carbocycles. The fraction of sp³-hybridized carbons (Fsp3) is 1.00. The zero-order valence-corrected chi connectivity index (χ0v) is 7.03. The number of ether oxygens (including phenoxy) is 1. The van der Waals surface area contributed by atoms with Gasteiger partial charge in [0.05, 0.1) is 6.61 Å². The summed E-state index contributed by atoms with van der Waals surface area (Å²) in [6.07, 6.45) is 0. The van der Waals surface area contributed by atoms with E-state index in [9.17, 15) is 0 Å². The third-order valence-corrected chi connectivity index (χ3v) is 1.55. The van der Waals surface area contributed by atoms with E-state index in [1.165, 1.54) is 0 Å². The Morgan fingerprint density at radius 3 is 2.56 bits per heavy atom. The molecule has 0 spiro atoms. The Morgan fingerprint density at radius 1 is 1.44 bits per heavy atom. The molecule has 0 saturated carbocycles. The summed E-state index contributed by atoms with van der Waals surface area (Å²) in [5.74, 6) is 0. The van der Waals surface area contributed by atoms with Gasteiger partial charge in [0.1, 0.15) is 0 Å². The zero-order chi connectivity index (χ0) is 7.11. The number of likely N-dealkylation sites (N-methyl/N-ethyl adjacent to an activating group) is 1. The molecule has 2 nitrogen and oxygen atoms in total. The van der Waals surface area contributed by atoms with Crippen LogP contribution in [0.15, 0.2) is 0 Å². The molecule has 0 rings (SSSR count). The lowest BCUT2D eigenvalue weighted by Gasteiger charge is -2.10. The minimum Gasteiger partial charge on any atom is -0.380 e. The molecule has 0 atom stereocenters. The highest BCUT2D eigenvalue weighted by atomic mass is 32.1. The van der Waals surface area contributed by atoms with Crippen molar-refractivity contribution in [1.82, 2.24) is 4.31 Å². The van der Waals surface area contributed by atoms with Crippen molar-refractivity contribution < 1.29 is 4.74 Å². The van der Waals surface area contributed by atoms with Gasteiger partial charge < -0.3 is 4.74 Å². The molecule has 0 aliphatic carbocycles. The summed E-state index contributed by atoms with van der Waals surface area (Å²) >= 11 is 4.16. The molecule has 0 radical (unpaired) electrons. The van der Waals surface area contributed by atoms with Crippen LogP contribution in [0, 0.1) is 0 Å². The molecule has 0 bridgehead atoms. The molecular weight excluding hydrogens is 134 g/mol. The van der Waals surface area contributed by atoms with Crippen molar-refractivity contribution in [3.05, 3.63) is 0 Å². The first-order chi connectivity index (χ1) is 4.31. The van der Waals surface area contributed by atoms with Gasteiger partial charge in [-0.05, 0) is 6.92 Å². The fourth-order valence-electron chi connectivity index (χ4n) is 0.472. The molecule has 3 heteroatoms. The monoisotopic (exact) mass is 149 g/mol. The van der Waals surface area contributed by atoms with Gasteiger partial charge in [0.15, 0.2) is 0 Å². The molecule has 0 N–H and O–H groups in total. The Hall–Kier alpha value is 0.270. The molecule has 0 heterocycles. The van der Waals surface area contributed by atoms with Gasteiger partial charge in [-0.15, -0.1) is 0 Å². The van der Waals surface area contributed by atoms with Gasteiger partial charge in [0, 0.05) is 19.7 Å². The molecule has 0 aromatic rings. The van der Waals surface area contributed by atoms with E-state index < -0.39 is 0 Å². The first kappa shape index (κ1) is 9.27. The lowest BCUT2D eigenvalue weighted by molar-refractivity contribution is 0.138. The molecule has 0 aliphatic rings. The Bertz CT molecular complexity index is 61.0.